The Labute approximate surface area is 154 Å². The molecule has 0 aliphatic carbocycles. The van der Waals surface area contributed by atoms with Gasteiger partial charge in [0.15, 0.2) is 5.78 Å². The lowest BCUT2D eigenvalue weighted by Crippen LogP contribution is -2.23. The van der Waals surface area contributed by atoms with Crippen LogP contribution >= 0.6 is 11.3 Å². The van der Waals surface area contributed by atoms with E-state index in [-0.39, 0.29) is 11.3 Å². The van der Waals surface area contributed by atoms with Gasteiger partial charge in [0.25, 0.3) is 5.56 Å². The van der Waals surface area contributed by atoms with E-state index in [2.05, 4.69) is 18.2 Å². The largest absolute Gasteiger partial charge is 0.311 e. The SMILES string of the molecule is CC(=O)c1cc(-c2cccc3c2sc2ccccc23)c(=O)n2c1CCC2. The van der Waals surface area contributed by atoms with Crippen LogP contribution in [0.1, 0.15) is 29.4 Å². The highest BCUT2D eigenvalue weighted by molar-refractivity contribution is 7.26. The van der Waals surface area contributed by atoms with Gasteiger partial charge in [-0.3, -0.25) is 9.59 Å². The molecule has 3 heterocycles. The van der Waals surface area contributed by atoms with Crippen LogP contribution in [0.15, 0.2) is 53.3 Å². The number of nitrogens with zero attached hydrogens (tertiary/aromatic N) is 1. The fourth-order valence-electron chi connectivity index (χ4n) is 4.07. The maximum atomic E-state index is 13.2. The second-order valence-corrected chi connectivity index (χ2v) is 7.87. The molecule has 1 aliphatic heterocycles. The molecular formula is C22H17NO2S. The smallest absolute Gasteiger partial charge is 0.258 e. The highest BCUT2D eigenvalue weighted by Crippen LogP contribution is 2.39. The highest BCUT2D eigenvalue weighted by atomic mass is 32.1. The summed E-state index contributed by atoms with van der Waals surface area (Å²) >= 11 is 1.71. The van der Waals surface area contributed by atoms with E-state index in [9.17, 15) is 9.59 Å². The first-order valence-electron chi connectivity index (χ1n) is 8.83. The van der Waals surface area contributed by atoms with Gasteiger partial charge < -0.3 is 4.57 Å². The normalized spacial score (nSPS) is 13.4. The van der Waals surface area contributed by atoms with E-state index >= 15 is 0 Å². The van der Waals surface area contributed by atoms with Crippen molar-refractivity contribution in [2.75, 3.05) is 0 Å². The minimum Gasteiger partial charge on any atom is -0.311 e. The Morgan fingerprint density at radius 2 is 1.85 bits per heavy atom. The summed E-state index contributed by atoms with van der Waals surface area (Å²) in [4.78, 5) is 25.3. The van der Waals surface area contributed by atoms with Crippen LogP contribution in [0.4, 0.5) is 0 Å². The van der Waals surface area contributed by atoms with Gasteiger partial charge in [-0.05, 0) is 31.9 Å². The van der Waals surface area contributed by atoms with E-state index in [0.717, 1.165) is 34.2 Å². The van der Waals surface area contributed by atoms with Gasteiger partial charge in [-0.1, -0.05) is 36.4 Å². The average Bonchev–Trinajstić information content (AvgIpc) is 3.27. The molecule has 4 heteroatoms. The first kappa shape index (κ1) is 15.5. The number of fused-ring (bicyclic) bond motifs is 4. The molecule has 1 aliphatic rings. The van der Waals surface area contributed by atoms with Crippen LogP contribution in [0.5, 0.6) is 0 Å². The molecule has 4 aromatic rings. The van der Waals surface area contributed by atoms with Crippen LogP contribution < -0.4 is 5.56 Å². The van der Waals surface area contributed by atoms with E-state index in [4.69, 9.17) is 0 Å². The zero-order chi connectivity index (χ0) is 17.8. The van der Waals surface area contributed by atoms with Crippen LogP contribution in [0.2, 0.25) is 0 Å². The summed E-state index contributed by atoms with van der Waals surface area (Å²) in [7, 11) is 0. The molecule has 0 spiro atoms. The number of rotatable bonds is 2. The van der Waals surface area contributed by atoms with Crippen LogP contribution in [-0.2, 0) is 13.0 Å². The van der Waals surface area contributed by atoms with Gasteiger partial charge >= 0.3 is 0 Å². The summed E-state index contributed by atoms with van der Waals surface area (Å²) in [6.07, 6.45) is 1.73. The molecule has 2 aromatic carbocycles. The summed E-state index contributed by atoms with van der Waals surface area (Å²) in [5, 5.41) is 2.37. The fourth-order valence-corrected chi connectivity index (χ4v) is 5.30. The Morgan fingerprint density at radius 3 is 2.69 bits per heavy atom. The van der Waals surface area contributed by atoms with Gasteiger partial charge in [-0.15, -0.1) is 11.3 Å². The van der Waals surface area contributed by atoms with Crippen molar-refractivity contribution in [3.63, 3.8) is 0 Å². The van der Waals surface area contributed by atoms with Crippen molar-refractivity contribution in [3.05, 3.63) is 70.1 Å². The Balaban J connectivity index is 1.88. The summed E-state index contributed by atoms with van der Waals surface area (Å²) in [6.45, 7) is 2.29. The number of Topliss-reactive ketones (excluding diaryl/α,β-unsaturated/α-hetero) is 1. The zero-order valence-corrected chi connectivity index (χ0v) is 15.2. The van der Waals surface area contributed by atoms with Crippen LogP contribution in [0, 0.1) is 0 Å². The Morgan fingerprint density at radius 1 is 1.04 bits per heavy atom. The summed E-state index contributed by atoms with van der Waals surface area (Å²) in [5.41, 5.74) is 3.17. The minimum atomic E-state index is 0.0208. The molecule has 3 nitrogen and oxygen atoms in total. The maximum Gasteiger partial charge on any atom is 0.258 e. The van der Waals surface area contributed by atoms with E-state index in [1.165, 1.54) is 10.1 Å². The number of pyridine rings is 1. The first-order chi connectivity index (χ1) is 12.6. The van der Waals surface area contributed by atoms with Crippen molar-refractivity contribution in [1.29, 1.82) is 0 Å². The molecular weight excluding hydrogens is 342 g/mol. The van der Waals surface area contributed by atoms with Gasteiger partial charge in [0.1, 0.15) is 0 Å². The number of thiophene rings is 1. The number of hydrogen-bond acceptors (Lipinski definition) is 3. The Bertz CT molecular complexity index is 1260. The average molecular weight is 359 g/mol. The molecule has 128 valence electrons. The van der Waals surface area contributed by atoms with Crippen molar-refractivity contribution < 1.29 is 4.79 Å². The molecule has 0 amide bonds. The molecule has 0 unspecified atom stereocenters. The van der Waals surface area contributed by atoms with Gasteiger partial charge in [-0.25, -0.2) is 0 Å². The van der Waals surface area contributed by atoms with Gasteiger partial charge in [0.05, 0.1) is 0 Å². The summed E-state index contributed by atoms with van der Waals surface area (Å²) in [5.74, 6) is 0.0282. The topological polar surface area (TPSA) is 39.1 Å². The van der Waals surface area contributed by atoms with E-state index in [1.54, 1.807) is 22.8 Å². The number of carbonyl (C=O) groups excluding carboxylic acids is 1. The third-order valence-corrected chi connectivity index (χ3v) is 6.49. The van der Waals surface area contributed by atoms with E-state index < -0.39 is 0 Å². The second-order valence-electron chi connectivity index (χ2n) is 6.82. The molecule has 0 radical (unpaired) electrons. The second kappa shape index (κ2) is 5.64. The van der Waals surface area contributed by atoms with Gasteiger partial charge in [0.2, 0.25) is 0 Å². The molecule has 0 atom stereocenters. The highest BCUT2D eigenvalue weighted by Gasteiger charge is 2.23. The van der Waals surface area contributed by atoms with Crippen molar-refractivity contribution in [1.82, 2.24) is 4.57 Å². The molecule has 0 fully saturated rings. The number of hydrogen-bond donors (Lipinski definition) is 0. The van der Waals surface area contributed by atoms with Crippen LogP contribution in [0.25, 0.3) is 31.3 Å². The van der Waals surface area contributed by atoms with E-state index in [0.29, 0.717) is 17.7 Å². The standard InChI is InChI=1S/C22H17NO2S/c1-13(24)17-12-18(22(25)23-11-5-9-19(17)23)16-8-4-7-15-14-6-2-3-10-20(14)26-21(15)16/h2-4,6-8,10,12H,5,9,11H2,1H3. The van der Waals surface area contributed by atoms with Gasteiger partial charge in [0, 0.05) is 49.1 Å². The van der Waals surface area contributed by atoms with Crippen molar-refractivity contribution in [2.24, 2.45) is 0 Å². The number of ketones is 1. The molecule has 26 heavy (non-hydrogen) atoms. The number of benzene rings is 2. The molecule has 0 N–H and O–H groups in total. The summed E-state index contributed by atoms with van der Waals surface area (Å²) in [6, 6.07) is 16.2. The van der Waals surface area contributed by atoms with Crippen molar-refractivity contribution >= 4 is 37.3 Å². The third kappa shape index (κ3) is 2.12. The molecule has 0 bridgehead atoms. The summed E-state index contributed by atoms with van der Waals surface area (Å²) < 4.78 is 4.12. The molecule has 0 saturated heterocycles. The van der Waals surface area contributed by atoms with E-state index in [1.807, 2.05) is 30.3 Å². The lowest BCUT2D eigenvalue weighted by molar-refractivity contribution is 0.101. The minimum absolute atomic E-state index is 0.0208. The number of carbonyl (C=O) groups is 1. The Kier molecular flexibility index (Phi) is 3.37. The lowest BCUT2D eigenvalue weighted by Gasteiger charge is -2.12. The first-order valence-corrected chi connectivity index (χ1v) is 9.65. The molecule has 0 saturated carbocycles. The van der Waals surface area contributed by atoms with Crippen LogP contribution in [0.3, 0.4) is 0 Å². The number of aromatic nitrogens is 1. The quantitative estimate of drug-likeness (QED) is 0.471. The molecule has 2 aromatic heterocycles. The Hall–Kier alpha value is -2.72. The monoisotopic (exact) mass is 359 g/mol. The lowest BCUT2D eigenvalue weighted by atomic mass is 9.99. The predicted octanol–water partition coefficient (Wildman–Crippen LogP) is 5.03. The van der Waals surface area contributed by atoms with Crippen molar-refractivity contribution in [2.45, 2.75) is 26.3 Å². The van der Waals surface area contributed by atoms with Gasteiger partial charge in [-0.2, -0.15) is 0 Å². The van der Waals surface area contributed by atoms with Crippen molar-refractivity contribution in [3.8, 4) is 11.1 Å². The predicted molar refractivity (Wildman–Crippen MR) is 107 cm³/mol. The van der Waals surface area contributed by atoms with Crippen LogP contribution in [-0.4, -0.2) is 10.4 Å². The third-order valence-electron chi connectivity index (χ3n) is 5.27. The maximum absolute atomic E-state index is 13.2. The fraction of sp³-hybridized carbons (Fsp3) is 0.182. The zero-order valence-electron chi connectivity index (χ0n) is 14.4. The molecule has 5 rings (SSSR count).